The number of hydrogen-bond donors (Lipinski definition) is 1. The molecule has 1 unspecified atom stereocenters. The Bertz CT molecular complexity index is 352. The Hall–Kier alpha value is -1.31. The Kier molecular flexibility index (Phi) is 2.06. The number of aliphatic imine (C=N–C) groups is 1. The van der Waals surface area contributed by atoms with Gasteiger partial charge in [-0.3, -0.25) is 4.99 Å². The molecule has 2 heteroatoms. The average Bonchev–Trinajstić information content (AvgIpc) is 2.75. The van der Waals surface area contributed by atoms with Gasteiger partial charge in [0.1, 0.15) is 5.84 Å². The standard InChI is InChI=1S/C12H16N2/c1-12(2)8-10(12)14-11(13)9-6-4-3-5-7-9/h3-7,10H,8H2,1-2H3,(H2,13,14). The molecule has 14 heavy (non-hydrogen) atoms. The second kappa shape index (κ2) is 3.12. The van der Waals surface area contributed by atoms with Crippen molar-refractivity contribution in [2.24, 2.45) is 16.1 Å². The number of nitrogens with zero attached hydrogens (tertiary/aromatic N) is 1. The highest BCUT2D eigenvalue weighted by atomic mass is 15.0. The Morgan fingerprint density at radius 3 is 2.43 bits per heavy atom. The molecule has 0 heterocycles. The predicted octanol–water partition coefficient (Wildman–Crippen LogP) is 2.19. The summed E-state index contributed by atoms with van der Waals surface area (Å²) in [4.78, 5) is 4.51. The zero-order valence-electron chi connectivity index (χ0n) is 8.70. The lowest BCUT2D eigenvalue weighted by Crippen LogP contribution is -2.14. The average molecular weight is 188 g/mol. The molecule has 0 aromatic heterocycles. The van der Waals surface area contributed by atoms with Crippen LogP contribution in [0.1, 0.15) is 25.8 Å². The second-order valence-corrected chi connectivity index (χ2v) is 4.59. The van der Waals surface area contributed by atoms with Gasteiger partial charge in [-0.15, -0.1) is 0 Å². The van der Waals surface area contributed by atoms with E-state index in [2.05, 4.69) is 18.8 Å². The smallest absolute Gasteiger partial charge is 0.125 e. The summed E-state index contributed by atoms with van der Waals surface area (Å²) in [7, 11) is 0. The van der Waals surface area contributed by atoms with Crippen LogP contribution in [-0.2, 0) is 0 Å². The Balaban J connectivity index is 2.14. The normalized spacial score (nSPS) is 24.7. The van der Waals surface area contributed by atoms with Gasteiger partial charge < -0.3 is 5.73 Å². The maximum Gasteiger partial charge on any atom is 0.125 e. The van der Waals surface area contributed by atoms with Crippen LogP contribution in [-0.4, -0.2) is 11.9 Å². The highest BCUT2D eigenvalue weighted by molar-refractivity contribution is 5.97. The summed E-state index contributed by atoms with van der Waals surface area (Å²) in [5, 5.41) is 0. The molecule has 0 bridgehead atoms. The number of nitrogens with two attached hydrogens (primary N) is 1. The molecule has 1 atom stereocenters. The summed E-state index contributed by atoms with van der Waals surface area (Å²) < 4.78 is 0. The molecule has 2 rings (SSSR count). The number of rotatable bonds is 2. The van der Waals surface area contributed by atoms with E-state index in [1.54, 1.807) is 0 Å². The summed E-state index contributed by atoms with van der Waals surface area (Å²) in [6.07, 6.45) is 1.15. The molecule has 0 saturated heterocycles. The largest absolute Gasteiger partial charge is 0.383 e. The lowest BCUT2D eigenvalue weighted by atomic mass is 10.2. The fourth-order valence-corrected chi connectivity index (χ4v) is 1.51. The van der Waals surface area contributed by atoms with Crippen molar-refractivity contribution in [2.75, 3.05) is 0 Å². The third-order valence-electron chi connectivity index (χ3n) is 2.83. The van der Waals surface area contributed by atoms with Crippen molar-refractivity contribution in [1.82, 2.24) is 0 Å². The first-order valence-electron chi connectivity index (χ1n) is 4.98. The minimum absolute atomic E-state index is 0.361. The monoisotopic (exact) mass is 188 g/mol. The van der Waals surface area contributed by atoms with Crippen molar-refractivity contribution < 1.29 is 0 Å². The van der Waals surface area contributed by atoms with Crippen molar-refractivity contribution in [3.63, 3.8) is 0 Å². The first-order valence-corrected chi connectivity index (χ1v) is 4.98. The van der Waals surface area contributed by atoms with Crippen molar-refractivity contribution in [3.05, 3.63) is 35.9 Å². The molecule has 1 aromatic rings. The molecule has 2 N–H and O–H groups in total. The molecule has 0 aliphatic heterocycles. The van der Waals surface area contributed by atoms with E-state index in [1.165, 1.54) is 0 Å². The number of hydrogen-bond acceptors (Lipinski definition) is 1. The number of benzene rings is 1. The van der Waals surface area contributed by atoms with Crippen LogP contribution in [0, 0.1) is 5.41 Å². The lowest BCUT2D eigenvalue weighted by molar-refractivity contribution is 0.618. The third kappa shape index (κ3) is 1.79. The third-order valence-corrected chi connectivity index (χ3v) is 2.83. The van der Waals surface area contributed by atoms with Gasteiger partial charge in [0, 0.05) is 5.56 Å². The first kappa shape index (κ1) is 9.25. The Morgan fingerprint density at radius 1 is 1.36 bits per heavy atom. The van der Waals surface area contributed by atoms with E-state index in [0.29, 0.717) is 17.3 Å². The van der Waals surface area contributed by atoms with Crippen molar-refractivity contribution >= 4 is 5.84 Å². The maximum absolute atomic E-state index is 5.91. The van der Waals surface area contributed by atoms with E-state index in [4.69, 9.17) is 5.73 Å². The van der Waals surface area contributed by atoms with E-state index in [0.717, 1.165) is 12.0 Å². The molecule has 1 saturated carbocycles. The van der Waals surface area contributed by atoms with E-state index in [-0.39, 0.29) is 0 Å². The molecular weight excluding hydrogens is 172 g/mol. The maximum atomic E-state index is 5.91. The molecular formula is C12H16N2. The minimum Gasteiger partial charge on any atom is -0.383 e. The van der Waals surface area contributed by atoms with Crippen molar-refractivity contribution in [1.29, 1.82) is 0 Å². The zero-order chi connectivity index (χ0) is 10.2. The number of amidine groups is 1. The van der Waals surface area contributed by atoms with Gasteiger partial charge in [-0.2, -0.15) is 0 Å². The van der Waals surface area contributed by atoms with Crippen LogP contribution >= 0.6 is 0 Å². The van der Waals surface area contributed by atoms with Crippen molar-refractivity contribution in [3.8, 4) is 0 Å². The molecule has 1 aliphatic carbocycles. The minimum atomic E-state index is 0.361. The van der Waals surface area contributed by atoms with E-state index >= 15 is 0 Å². The highest BCUT2D eigenvalue weighted by Crippen LogP contribution is 2.47. The van der Waals surface area contributed by atoms with Crippen molar-refractivity contribution in [2.45, 2.75) is 26.3 Å². The van der Waals surface area contributed by atoms with Crippen LogP contribution in [0.3, 0.4) is 0 Å². The van der Waals surface area contributed by atoms with Crippen LogP contribution in [0.5, 0.6) is 0 Å². The van der Waals surface area contributed by atoms with Gasteiger partial charge in [0.05, 0.1) is 6.04 Å². The van der Waals surface area contributed by atoms with Crippen LogP contribution in [0.2, 0.25) is 0 Å². The van der Waals surface area contributed by atoms with Gasteiger partial charge in [0.15, 0.2) is 0 Å². The summed E-state index contributed by atoms with van der Waals surface area (Å²) in [6.45, 7) is 4.44. The molecule has 0 amide bonds. The van der Waals surface area contributed by atoms with Crippen LogP contribution in [0.4, 0.5) is 0 Å². The molecule has 1 aliphatic rings. The van der Waals surface area contributed by atoms with Crippen LogP contribution in [0.15, 0.2) is 35.3 Å². The predicted molar refractivity (Wildman–Crippen MR) is 59.4 cm³/mol. The van der Waals surface area contributed by atoms with Gasteiger partial charge in [0.25, 0.3) is 0 Å². The fraction of sp³-hybridized carbons (Fsp3) is 0.417. The molecule has 0 radical (unpaired) electrons. The first-order chi connectivity index (χ1) is 6.59. The quantitative estimate of drug-likeness (QED) is 0.560. The van der Waals surface area contributed by atoms with E-state index < -0.39 is 0 Å². The molecule has 74 valence electrons. The topological polar surface area (TPSA) is 38.4 Å². The highest BCUT2D eigenvalue weighted by Gasteiger charge is 2.45. The van der Waals surface area contributed by atoms with Gasteiger partial charge in [0.2, 0.25) is 0 Å². The molecule has 1 aromatic carbocycles. The van der Waals surface area contributed by atoms with E-state index in [9.17, 15) is 0 Å². The molecule has 0 spiro atoms. The van der Waals surface area contributed by atoms with Gasteiger partial charge >= 0.3 is 0 Å². The second-order valence-electron chi connectivity index (χ2n) is 4.59. The van der Waals surface area contributed by atoms with Gasteiger partial charge in [-0.1, -0.05) is 44.2 Å². The van der Waals surface area contributed by atoms with Crippen LogP contribution in [0.25, 0.3) is 0 Å². The summed E-state index contributed by atoms with van der Waals surface area (Å²) in [6, 6.07) is 10.4. The fourth-order valence-electron chi connectivity index (χ4n) is 1.51. The summed E-state index contributed by atoms with van der Waals surface area (Å²) in [5.41, 5.74) is 7.29. The zero-order valence-corrected chi connectivity index (χ0v) is 8.70. The summed E-state index contributed by atoms with van der Waals surface area (Å²) in [5.74, 6) is 0.668. The molecule has 2 nitrogen and oxygen atoms in total. The van der Waals surface area contributed by atoms with Crippen LogP contribution < -0.4 is 5.73 Å². The van der Waals surface area contributed by atoms with Gasteiger partial charge in [-0.25, -0.2) is 0 Å². The molecule has 1 fully saturated rings. The lowest BCUT2D eigenvalue weighted by Gasteiger charge is -2.01. The Labute approximate surface area is 84.9 Å². The summed E-state index contributed by atoms with van der Waals surface area (Å²) >= 11 is 0. The van der Waals surface area contributed by atoms with Gasteiger partial charge in [-0.05, 0) is 11.8 Å². The van der Waals surface area contributed by atoms with E-state index in [1.807, 2.05) is 30.3 Å². The SMILES string of the molecule is CC1(C)CC1N=C(N)c1ccccc1. The Morgan fingerprint density at radius 2 is 1.93 bits per heavy atom.